The molecular weight excluding hydrogens is 282 g/mol. The number of aryl methyl sites for hydroxylation is 1. The fourth-order valence-corrected chi connectivity index (χ4v) is 3.07. The van der Waals surface area contributed by atoms with E-state index in [4.69, 9.17) is 16.3 Å². The third-order valence-electron chi connectivity index (χ3n) is 4.31. The zero-order valence-corrected chi connectivity index (χ0v) is 14.3. The maximum atomic E-state index is 6.34. The van der Waals surface area contributed by atoms with E-state index in [0.29, 0.717) is 5.92 Å². The number of ether oxygens (including phenoxy) is 1. The van der Waals surface area contributed by atoms with Crippen LogP contribution in [0.5, 0.6) is 5.75 Å². The predicted octanol–water partition coefficient (Wildman–Crippen LogP) is 4.84. The number of rotatable bonds is 8. The first-order valence-corrected chi connectivity index (χ1v) is 8.60. The lowest BCUT2D eigenvalue weighted by atomic mass is 9.77. The zero-order chi connectivity index (χ0) is 15.3. The summed E-state index contributed by atoms with van der Waals surface area (Å²) < 4.78 is 6.34. The first kappa shape index (κ1) is 16.6. The van der Waals surface area contributed by atoms with Gasteiger partial charge in [0.15, 0.2) is 0 Å². The summed E-state index contributed by atoms with van der Waals surface area (Å²) in [7, 11) is 0. The molecule has 3 heteroatoms. The highest BCUT2D eigenvalue weighted by Crippen LogP contribution is 2.39. The summed E-state index contributed by atoms with van der Waals surface area (Å²) in [5, 5.41) is 4.36. The summed E-state index contributed by atoms with van der Waals surface area (Å²) >= 11 is 6.18. The lowest BCUT2D eigenvalue weighted by Gasteiger charge is -2.42. The number of hydrogen-bond donors (Lipinski definition) is 1. The van der Waals surface area contributed by atoms with E-state index in [0.717, 1.165) is 36.7 Å². The molecule has 1 aromatic carbocycles. The first-order chi connectivity index (χ1) is 10.0. The second-order valence-electron chi connectivity index (χ2n) is 6.59. The van der Waals surface area contributed by atoms with Crippen LogP contribution in [0.25, 0.3) is 0 Å². The molecule has 21 heavy (non-hydrogen) atoms. The van der Waals surface area contributed by atoms with Crippen LogP contribution in [0.2, 0.25) is 5.02 Å². The minimum Gasteiger partial charge on any atom is -0.487 e. The van der Waals surface area contributed by atoms with Crippen LogP contribution in [0.4, 0.5) is 0 Å². The van der Waals surface area contributed by atoms with Crippen LogP contribution in [0.15, 0.2) is 18.2 Å². The van der Waals surface area contributed by atoms with Crippen molar-refractivity contribution >= 4 is 11.6 Å². The highest BCUT2D eigenvalue weighted by molar-refractivity contribution is 6.31. The standard InChI is InChI=1S/C18H28ClNO/c1-4-15-12-16(6-7-17(15)19)21-18(8-5-9-18)10-11-20-13-14(2)3/h6-7,12,14,20H,4-5,8-11,13H2,1-3H3. The first-order valence-electron chi connectivity index (χ1n) is 8.23. The molecule has 0 radical (unpaired) electrons. The molecule has 2 rings (SSSR count). The van der Waals surface area contributed by atoms with E-state index < -0.39 is 0 Å². The van der Waals surface area contributed by atoms with Crippen molar-refractivity contribution in [3.63, 3.8) is 0 Å². The minimum absolute atomic E-state index is 0.0445. The summed E-state index contributed by atoms with van der Waals surface area (Å²) in [6, 6.07) is 6.06. The molecule has 1 aliphatic carbocycles. The highest BCUT2D eigenvalue weighted by Gasteiger charge is 2.38. The molecule has 0 unspecified atom stereocenters. The summed E-state index contributed by atoms with van der Waals surface area (Å²) in [4.78, 5) is 0. The summed E-state index contributed by atoms with van der Waals surface area (Å²) in [5.41, 5.74) is 1.21. The Kier molecular flexibility index (Phi) is 5.95. The monoisotopic (exact) mass is 309 g/mol. The van der Waals surface area contributed by atoms with E-state index in [1.165, 1.54) is 24.8 Å². The van der Waals surface area contributed by atoms with Crippen LogP contribution in [-0.4, -0.2) is 18.7 Å². The second-order valence-corrected chi connectivity index (χ2v) is 7.00. The summed E-state index contributed by atoms with van der Waals surface area (Å²) in [6.45, 7) is 8.72. The van der Waals surface area contributed by atoms with E-state index >= 15 is 0 Å². The lowest BCUT2D eigenvalue weighted by molar-refractivity contribution is -0.0143. The number of nitrogens with one attached hydrogen (secondary N) is 1. The predicted molar refractivity (Wildman–Crippen MR) is 90.4 cm³/mol. The van der Waals surface area contributed by atoms with Gasteiger partial charge in [-0.25, -0.2) is 0 Å². The van der Waals surface area contributed by atoms with Gasteiger partial charge in [0.1, 0.15) is 11.4 Å². The van der Waals surface area contributed by atoms with Gasteiger partial charge in [0, 0.05) is 5.02 Å². The Balaban J connectivity index is 1.92. The van der Waals surface area contributed by atoms with E-state index in [9.17, 15) is 0 Å². The van der Waals surface area contributed by atoms with E-state index in [2.05, 4.69) is 32.2 Å². The maximum Gasteiger partial charge on any atom is 0.120 e. The molecule has 1 saturated carbocycles. The Labute approximate surface area is 134 Å². The van der Waals surface area contributed by atoms with Crippen LogP contribution in [0, 0.1) is 5.92 Å². The van der Waals surface area contributed by atoms with Crippen molar-refractivity contribution in [3.05, 3.63) is 28.8 Å². The fraction of sp³-hybridized carbons (Fsp3) is 0.667. The smallest absolute Gasteiger partial charge is 0.120 e. The van der Waals surface area contributed by atoms with E-state index in [1.54, 1.807) is 0 Å². The van der Waals surface area contributed by atoms with Crippen molar-refractivity contribution < 1.29 is 4.74 Å². The van der Waals surface area contributed by atoms with Crippen molar-refractivity contribution in [2.45, 2.75) is 58.5 Å². The van der Waals surface area contributed by atoms with Gasteiger partial charge in [-0.1, -0.05) is 32.4 Å². The number of benzene rings is 1. The molecule has 0 spiro atoms. The van der Waals surface area contributed by atoms with Crippen molar-refractivity contribution in [1.82, 2.24) is 5.32 Å². The Morgan fingerprint density at radius 1 is 1.33 bits per heavy atom. The molecule has 1 fully saturated rings. The molecule has 0 atom stereocenters. The molecule has 0 aromatic heterocycles. The largest absolute Gasteiger partial charge is 0.487 e. The van der Waals surface area contributed by atoms with Gasteiger partial charge in [-0.2, -0.15) is 0 Å². The molecule has 1 aromatic rings. The Bertz CT molecular complexity index is 455. The second kappa shape index (κ2) is 7.51. The molecule has 0 saturated heterocycles. The number of hydrogen-bond acceptors (Lipinski definition) is 2. The zero-order valence-electron chi connectivity index (χ0n) is 13.5. The van der Waals surface area contributed by atoms with Crippen molar-refractivity contribution in [3.8, 4) is 5.75 Å². The van der Waals surface area contributed by atoms with Crippen LogP contribution < -0.4 is 10.1 Å². The fourth-order valence-electron chi connectivity index (χ4n) is 2.82. The van der Waals surface area contributed by atoms with Crippen molar-refractivity contribution in [1.29, 1.82) is 0 Å². The average Bonchev–Trinajstić information content (AvgIpc) is 2.42. The molecule has 118 valence electrons. The average molecular weight is 310 g/mol. The van der Waals surface area contributed by atoms with Gasteiger partial charge < -0.3 is 10.1 Å². The summed E-state index contributed by atoms with van der Waals surface area (Å²) in [5.74, 6) is 1.67. The quantitative estimate of drug-likeness (QED) is 0.694. The molecular formula is C18H28ClNO. The number of halogens is 1. The molecule has 1 aliphatic rings. The van der Waals surface area contributed by atoms with Gasteiger partial charge in [0.25, 0.3) is 0 Å². The molecule has 0 amide bonds. The van der Waals surface area contributed by atoms with Gasteiger partial charge in [-0.05, 0) is 74.9 Å². The van der Waals surface area contributed by atoms with Crippen molar-refractivity contribution in [2.24, 2.45) is 5.92 Å². The minimum atomic E-state index is 0.0445. The Morgan fingerprint density at radius 2 is 2.10 bits per heavy atom. The van der Waals surface area contributed by atoms with Crippen LogP contribution in [-0.2, 0) is 6.42 Å². The maximum absolute atomic E-state index is 6.34. The normalized spacial score (nSPS) is 16.8. The van der Waals surface area contributed by atoms with Crippen LogP contribution in [0.3, 0.4) is 0 Å². The topological polar surface area (TPSA) is 21.3 Å². The van der Waals surface area contributed by atoms with Gasteiger partial charge in [-0.15, -0.1) is 0 Å². The van der Waals surface area contributed by atoms with Gasteiger partial charge in [0.2, 0.25) is 0 Å². The Hall–Kier alpha value is -0.730. The van der Waals surface area contributed by atoms with Crippen LogP contribution in [0.1, 0.15) is 52.0 Å². The molecule has 1 N–H and O–H groups in total. The molecule has 0 heterocycles. The SMILES string of the molecule is CCc1cc(OC2(CCNCC(C)C)CCC2)ccc1Cl. The summed E-state index contributed by atoms with van der Waals surface area (Å²) in [6.07, 6.45) is 5.64. The van der Waals surface area contributed by atoms with Gasteiger partial charge in [-0.3, -0.25) is 0 Å². The van der Waals surface area contributed by atoms with Gasteiger partial charge in [0.05, 0.1) is 0 Å². The third kappa shape index (κ3) is 4.62. The van der Waals surface area contributed by atoms with E-state index in [1.807, 2.05) is 12.1 Å². The third-order valence-corrected chi connectivity index (χ3v) is 4.68. The van der Waals surface area contributed by atoms with E-state index in [-0.39, 0.29) is 5.60 Å². The highest BCUT2D eigenvalue weighted by atomic mass is 35.5. The lowest BCUT2D eigenvalue weighted by Crippen LogP contribution is -2.45. The molecule has 2 nitrogen and oxygen atoms in total. The Morgan fingerprint density at radius 3 is 2.67 bits per heavy atom. The molecule has 0 aliphatic heterocycles. The van der Waals surface area contributed by atoms with Crippen LogP contribution >= 0.6 is 11.6 Å². The van der Waals surface area contributed by atoms with Gasteiger partial charge >= 0.3 is 0 Å². The molecule has 0 bridgehead atoms. The van der Waals surface area contributed by atoms with Crippen molar-refractivity contribution in [2.75, 3.05) is 13.1 Å².